The predicted octanol–water partition coefficient (Wildman–Crippen LogP) is 3.37. The van der Waals surface area contributed by atoms with E-state index in [1.54, 1.807) is 6.07 Å². The molecule has 0 radical (unpaired) electrons. The Morgan fingerprint density at radius 1 is 1.38 bits per heavy atom. The van der Waals surface area contributed by atoms with Gasteiger partial charge in [0.1, 0.15) is 5.82 Å². The maximum Gasteiger partial charge on any atom is 0.159 e. The van der Waals surface area contributed by atoms with Gasteiger partial charge in [0, 0.05) is 35.4 Å². The van der Waals surface area contributed by atoms with Crippen LogP contribution in [-0.4, -0.2) is 10.9 Å². The minimum absolute atomic E-state index is 0.0134. The van der Waals surface area contributed by atoms with Gasteiger partial charge in [-0.05, 0) is 12.1 Å². The minimum atomic E-state index is -0.431. The molecule has 16 heavy (non-hydrogen) atoms. The topological polar surface area (TPSA) is 37.3 Å². The van der Waals surface area contributed by atoms with Crippen molar-refractivity contribution in [3.8, 4) is 0 Å². The number of aliphatic hydroxyl groups excluding tert-OH is 1. The van der Waals surface area contributed by atoms with Crippen molar-refractivity contribution in [2.24, 2.45) is 0 Å². The number of ketones is 1. The smallest absolute Gasteiger partial charge is 0.159 e. The molecule has 0 saturated carbocycles. The van der Waals surface area contributed by atoms with Crippen molar-refractivity contribution in [3.05, 3.63) is 46.4 Å². The highest BCUT2D eigenvalue weighted by molar-refractivity contribution is 6.31. The number of carbonyl (C=O) groups is 1. The number of hydrogen-bond donors (Lipinski definition) is 1. The van der Waals surface area contributed by atoms with Crippen LogP contribution in [0.3, 0.4) is 0 Å². The highest BCUT2D eigenvalue weighted by Crippen LogP contribution is 2.36. The molecule has 0 heterocycles. The van der Waals surface area contributed by atoms with Gasteiger partial charge in [-0.3, -0.25) is 4.79 Å². The van der Waals surface area contributed by atoms with Crippen LogP contribution in [0.5, 0.6) is 0 Å². The summed E-state index contributed by atoms with van der Waals surface area (Å²) in [5.74, 6) is -1.01. The fourth-order valence-corrected chi connectivity index (χ4v) is 2.29. The second-order valence-corrected chi connectivity index (χ2v) is 4.25. The maximum atomic E-state index is 13.6. The summed E-state index contributed by atoms with van der Waals surface area (Å²) >= 11 is 5.91. The van der Waals surface area contributed by atoms with E-state index in [2.05, 4.69) is 0 Å². The lowest BCUT2D eigenvalue weighted by Gasteiger charge is -2.20. The zero-order valence-electron chi connectivity index (χ0n) is 8.41. The van der Waals surface area contributed by atoms with Crippen molar-refractivity contribution in [1.82, 2.24) is 0 Å². The molecule has 0 amide bonds. The highest BCUT2D eigenvalue weighted by atomic mass is 35.5. The van der Waals surface area contributed by atoms with Gasteiger partial charge in [-0.1, -0.05) is 17.7 Å². The number of benzene rings is 1. The van der Waals surface area contributed by atoms with E-state index < -0.39 is 5.82 Å². The third-order valence-corrected chi connectivity index (χ3v) is 2.97. The van der Waals surface area contributed by atoms with E-state index in [0.717, 1.165) is 0 Å². The van der Waals surface area contributed by atoms with Gasteiger partial charge in [0.25, 0.3) is 0 Å². The summed E-state index contributed by atoms with van der Waals surface area (Å²) in [5.41, 5.74) is 0.317. The Balaban J connectivity index is 2.39. The maximum absolute atomic E-state index is 13.6. The van der Waals surface area contributed by atoms with Crippen molar-refractivity contribution in [1.29, 1.82) is 0 Å². The molecule has 0 aromatic heterocycles. The number of aliphatic hydroxyl groups is 1. The van der Waals surface area contributed by atoms with Crippen molar-refractivity contribution in [2.45, 2.75) is 18.8 Å². The van der Waals surface area contributed by atoms with E-state index >= 15 is 0 Å². The molecule has 4 heteroatoms. The van der Waals surface area contributed by atoms with Crippen LogP contribution >= 0.6 is 11.6 Å². The SMILES string of the molecule is O=C1C=C(O)C[C@@H](c2c(F)cccc2Cl)C1. The molecule has 0 unspecified atom stereocenters. The van der Waals surface area contributed by atoms with Crippen LogP contribution in [0.1, 0.15) is 24.3 Å². The summed E-state index contributed by atoms with van der Waals surface area (Å²) in [5, 5.41) is 9.67. The fourth-order valence-electron chi connectivity index (χ4n) is 1.98. The van der Waals surface area contributed by atoms with E-state index in [1.165, 1.54) is 18.2 Å². The summed E-state index contributed by atoms with van der Waals surface area (Å²) in [6.07, 6.45) is 1.63. The second kappa shape index (κ2) is 4.26. The summed E-state index contributed by atoms with van der Waals surface area (Å²) in [4.78, 5) is 11.3. The first kappa shape index (κ1) is 11.1. The van der Waals surface area contributed by atoms with Gasteiger partial charge in [-0.2, -0.15) is 0 Å². The van der Waals surface area contributed by atoms with Crippen LogP contribution in [-0.2, 0) is 4.79 Å². The molecule has 1 aromatic rings. The summed E-state index contributed by atoms with van der Waals surface area (Å²) in [6.45, 7) is 0. The molecule has 0 fully saturated rings. The highest BCUT2D eigenvalue weighted by Gasteiger charge is 2.26. The van der Waals surface area contributed by atoms with Crippen LogP contribution < -0.4 is 0 Å². The first-order valence-electron chi connectivity index (χ1n) is 4.94. The van der Waals surface area contributed by atoms with Crippen molar-refractivity contribution >= 4 is 17.4 Å². The van der Waals surface area contributed by atoms with Crippen molar-refractivity contribution in [3.63, 3.8) is 0 Å². The van der Waals surface area contributed by atoms with E-state index in [4.69, 9.17) is 11.6 Å². The number of allylic oxidation sites excluding steroid dienone is 2. The largest absolute Gasteiger partial charge is 0.512 e. The average molecular weight is 241 g/mol. The van der Waals surface area contributed by atoms with Crippen LogP contribution in [0.25, 0.3) is 0 Å². The summed E-state index contributed by atoms with van der Waals surface area (Å²) in [7, 11) is 0. The van der Waals surface area contributed by atoms with E-state index in [1.807, 2.05) is 0 Å². The van der Waals surface area contributed by atoms with E-state index in [-0.39, 0.29) is 30.3 Å². The van der Waals surface area contributed by atoms with Gasteiger partial charge < -0.3 is 5.11 Å². The average Bonchev–Trinajstić information content (AvgIpc) is 2.15. The van der Waals surface area contributed by atoms with Crippen LogP contribution in [0.15, 0.2) is 30.0 Å². The molecule has 0 saturated heterocycles. The minimum Gasteiger partial charge on any atom is -0.512 e. The molecule has 1 aromatic carbocycles. The van der Waals surface area contributed by atoms with Crippen LogP contribution in [0, 0.1) is 5.82 Å². The van der Waals surface area contributed by atoms with Gasteiger partial charge in [0.05, 0.1) is 5.76 Å². The third-order valence-electron chi connectivity index (χ3n) is 2.64. The molecular formula is C12H10ClFO2. The molecule has 0 bridgehead atoms. The van der Waals surface area contributed by atoms with Gasteiger partial charge in [0.15, 0.2) is 5.78 Å². The molecule has 1 aliphatic rings. The van der Waals surface area contributed by atoms with Crippen molar-refractivity contribution in [2.75, 3.05) is 0 Å². The Hall–Kier alpha value is -1.35. The third kappa shape index (κ3) is 2.09. The quantitative estimate of drug-likeness (QED) is 0.817. The van der Waals surface area contributed by atoms with E-state index in [0.29, 0.717) is 10.6 Å². The molecule has 1 N–H and O–H groups in total. The first-order chi connectivity index (χ1) is 7.58. The van der Waals surface area contributed by atoms with Crippen molar-refractivity contribution < 1.29 is 14.3 Å². The molecular weight excluding hydrogens is 231 g/mol. The Morgan fingerprint density at radius 2 is 2.12 bits per heavy atom. The number of rotatable bonds is 1. The summed E-state index contributed by atoms with van der Waals surface area (Å²) < 4.78 is 13.6. The fraction of sp³-hybridized carbons (Fsp3) is 0.250. The molecule has 0 spiro atoms. The van der Waals surface area contributed by atoms with Gasteiger partial charge in [-0.15, -0.1) is 0 Å². The monoisotopic (exact) mass is 240 g/mol. The molecule has 84 valence electrons. The number of hydrogen-bond acceptors (Lipinski definition) is 2. The van der Waals surface area contributed by atoms with Crippen LogP contribution in [0.2, 0.25) is 5.02 Å². The normalized spacial score (nSPS) is 20.8. The molecule has 2 nitrogen and oxygen atoms in total. The summed E-state index contributed by atoms with van der Waals surface area (Å²) in [6, 6.07) is 4.41. The lowest BCUT2D eigenvalue weighted by atomic mass is 9.86. The Morgan fingerprint density at radius 3 is 2.75 bits per heavy atom. The number of carbonyl (C=O) groups excluding carboxylic acids is 1. The lowest BCUT2D eigenvalue weighted by molar-refractivity contribution is -0.115. The van der Waals surface area contributed by atoms with Crippen LogP contribution in [0.4, 0.5) is 4.39 Å². The molecule has 0 aliphatic heterocycles. The van der Waals surface area contributed by atoms with Gasteiger partial charge >= 0.3 is 0 Å². The van der Waals surface area contributed by atoms with Gasteiger partial charge in [-0.25, -0.2) is 4.39 Å². The number of halogens is 2. The Kier molecular flexibility index (Phi) is 2.97. The molecule has 1 aliphatic carbocycles. The Bertz CT molecular complexity index is 448. The first-order valence-corrected chi connectivity index (χ1v) is 5.32. The zero-order chi connectivity index (χ0) is 11.7. The standard InChI is InChI=1S/C12H10ClFO2/c13-10-2-1-3-11(14)12(10)7-4-8(15)6-9(16)5-7/h1-3,6-7,15H,4-5H2/t7-/m1/s1. The second-order valence-electron chi connectivity index (χ2n) is 3.84. The molecule has 2 rings (SSSR count). The zero-order valence-corrected chi connectivity index (χ0v) is 9.17. The van der Waals surface area contributed by atoms with Gasteiger partial charge in [0.2, 0.25) is 0 Å². The lowest BCUT2D eigenvalue weighted by Crippen LogP contribution is -2.14. The molecule has 1 atom stereocenters. The van der Waals surface area contributed by atoms with E-state index in [9.17, 15) is 14.3 Å². The Labute approximate surface area is 97.4 Å². The predicted molar refractivity (Wildman–Crippen MR) is 59.1 cm³/mol.